The first-order valence-electron chi connectivity index (χ1n) is 6.01. The van der Waals surface area contributed by atoms with Crippen LogP contribution in [0.15, 0.2) is 4.63 Å². The molecule has 0 bridgehead atoms. The number of carbonyl (C=O) groups excluding carboxylic acids is 1. The molecule has 1 saturated carbocycles. The van der Waals surface area contributed by atoms with Gasteiger partial charge in [-0.05, 0) is 18.0 Å². The minimum atomic E-state index is 0.0271. The van der Waals surface area contributed by atoms with E-state index in [1.165, 1.54) is 19.3 Å². The summed E-state index contributed by atoms with van der Waals surface area (Å²) in [6.07, 6.45) is 6.04. The molecular formula is C11H18N4O2. The maximum atomic E-state index is 12.0. The first kappa shape index (κ1) is 11.9. The summed E-state index contributed by atoms with van der Waals surface area (Å²) in [7, 11) is 1.85. The fourth-order valence-corrected chi connectivity index (χ4v) is 2.28. The van der Waals surface area contributed by atoms with Crippen molar-refractivity contribution in [1.82, 2.24) is 15.2 Å². The third kappa shape index (κ3) is 2.75. The van der Waals surface area contributed by atoms with Crippen molar-refractivity contribution in [2.75, 3.05) is 12.8 Å². The second-order valence-electron chi connectivity index (χ2n) is 4.57. The fourth-order valence-electron chi connectivity index (χ4n) is 2.28. The standard InChI is InChI=1S/C11H18N4O2/c1-15(8-5-3-2-4-6-8)10(16)7-9-11(12)14-17-13-9/h8H,2-7H2,1H3,(H2,12,14). The number of nitrogens with zero attached hydrogens (tertiary/aromatic N) is 3. The number of likely N-dealkylation sites (N-methyl/N-ethyl adjacent to an activating group) is 1. The van der Waals surface area contributed by atoms with E-state index in [-0.39, 0.29) is 18.1 Å². The lowest BCUT2D eigenvalue weighted by Crippen LogP contribution is -2.39. The maximum absolute atomic E-state index is 12.0. The van der Waals surface area contributed by atoms with E-state index >= 15 is 0 Å². The molecule has 17 heavy (non-hydrogen) atoms. The first-order chi connectivity index (χ1) is 8.18. The molecule has 0 unspecified atom stereocenters. The molecule has 1 amide bonds. The molecule has 94 valence electrons. The highest BCUT2D eigenvalue weighted by molar-refractivity contribution is 5.79. The monoisotopic (exact) mass is 238 g/mol. The molecule has 0 aliphatic heterocycles. The van der Waals surface area contributed by atoms with Gasteiger partial charge in [-0.3, -0.25) is 4.79 Å². The molecular weight excluding hydrogens is 220 g/mol. The van der Waals surface area contributed by atoms with Gasteiger partial charge >= 0.3 is 0 Å². The number of rotatable bonds is 3. The van der Waals surface area contributed by atoms with E-state index in [9.17, 15) is 4.79 Å². The Morgan fingerprint density at radius 1 is 1.41 bits per heavy atom. The summed E-state index contributed by atoms with van der Waals surface area (Å²) in [4.78, 5) is 13.8. The van der Waals surface area contributed by atoms with Crippen molar-refractivity contribution in [1.29, 1.82) is 0 Å². The summed E-state index contributed by atoms with van der Waals surface area (Å²) in [5, 5.41) is 7.09. The Morgan fingerprint density at radius 2 is 2.12 bits per heavy atom. The highest BCUT2D eigenvalue weighted by atomic mass is 16.6. The van der Waals surface area contributed by atoms with Crippen LogP contribution in [0.5, 0.6) is 0 Å². The van der Waals surface area contributed by atoms with Crippen molar-refractivity contribution in [3.05, 3.63) is 5.69 Å². The van der Waals surface area contributed by atoms with E-state index in [0.29, 0.717) is 11.7 Å². The van der Waals surface area contributed by atoms with Gasteiger partial charge in [0.1, 0.15) is 5.69 Å². The molecule has 1 aromatic rings. The Labute approximate surface area is 100 Å². The Bertz CT molecular complexity index is 385. The number of aromatic nitrogens is 2. The number of nitrogens with two attached hydrogens (primary N) is 1. The van der Waals surface area contributed by atoms with Gasteiger partial charge in [-0.15, -0.1) is 0 Å². The molecule has 0 atom stereocenters. The first-order valence-corrected chi connectivity index (χ1v) is 6.01. The van der Waals surface area contributed by atoms with Crippen molar-refractivity contribution in [2.24, 2.45) is 0 Å². The van der Waals surface area contributed by atoms with Gasteiger partial charge < -0.3 is 10.6 Å². The van der Waals surface area contributed by atoms with Gasteiger partial charge in [0.2, 0.25) is 5.91 Å². The summed E-state index contributed by atoms with van der Waals surface area (Å²) < 4.78 is 4.48. The lowest BCUT2D eigenvalue weighted by atomic mass is 9.94. The van der Waals surface area contributed by atoms with Gasteiger partial charge in [0.05, 0.1) is 6.42 Å². The van der Waals surface area contributed by atoms with Crippen LogP contribution >= 0.6 is 0 Å². The van der Waals surface area contributed by atoms with Gasteiger partial charge in [0, 0.05) is 13.1 Å². The summed E-state index contributed by atoms with van der Waals surface area (Å²) in [5.41, 5.74) is 5.96. The zero-order valence-corrected chi connectivity index (χ0v) is 10.1. The molecule has 0 radical (unpaired) electrons. The van der Waals surface area contributed by atoms with E-state index in [1.807, 2.05) is 11.9 Å². The summed E-state index contributed by atoms with van der Waals surface area (Å²) in [6.45, 7) is 0. The zero-order chi connectivity index (χ0) is 12.3. The summed E-state index contributed by atoms with van der Waals surface area (Å²) in [6, 6.07) is 0.359. The minimum absolute atomic E-state index is 0.0271. The molecule has 2 N–H and O–H groups in total. The number of anilines is 1. The molecule has 0 saturated heterocycles. The Morgan fingerprint density at radius 3 is 2.71 bits per heavy atom. The molecule has 0 aromatic carbocycles. The molecule has 0 spiro atoms. The smallest absolute Gasteiger partial charge is 0.228 e. The van der Waals surface area contributed by atoms with Crippen molar-refractivity contribution in [3.63, 3.8) is 0 Å². The molecule has 2 rings (SSSR count). The van der Waals surface area contributed by atoms with Crippen LogP contribution in [0.3, 0.4) is 0 Å². The number of hydrogen-bond donors (Lipinski definition) is 1. The zero-order valence-electron chi connectivity index (χ0n) is 10.1. The van der Waals surface area contributed by atoms with E-state index in [2.05, 4.69) is 14.9 Å². The second kappa shape index (κ2) is 5.16. The summed E-state index contributed by atoms with van der Waals surface area (Å²) in [5.74, 6) is 0.231. The van der Waals surface area contributed by atoms with Crippen LogP contribution in [0.25, 0.3) is 0 Å². The van der Waals surface area contributed by atoms with Crippen LogP contribution in [0.2, 0.25) is 0 Å². The molecule has 6 nitrogen and oxygen atoms in total. The van der Waals surface area contributed by atoms with Crippen LogP contribution in [-0.2, 0) is 11.2 Å². The van der Waals surface area contributed by atoms with Crippen LogP contribution in [0.4, 0.5) is 5.82 Å². The highest BCUT2D eigenvalue weighted by Gasteiger charge is 2.23. The average molecular weight is 238 g/mol. The second-order valence-corrected chi connectivity index (χ2v) is 4.57. The van der Waals surface area contributed by atoms with Crippen molar-refractivity contribution in [3.8, 4) is 0 Å². The van der Waals surface area contributed by atoms with Gasteiger partial charge in [-0.1, -0.05) is 24.4 Å². The van der Waals surface area contributed by atoms with E-state index in [0.717, 1.165) is 12.8 Å². The molecule has 6 heteroatoms. The minimum Gasteiger partial charge on any atom is -0.379 e. The predicted molar refractivity (Wildman–Crippen MR) is 62.1 cm³/mol. The van der Waals surface area contributed by atoms with Gasteiger partial charge in [-0.2, -0.15) is 0 Å². The van der Waals surface area contributed by atoms with Gasteiger partial charge in [-0.25, -0.2) is 4.63 Å². The van der Waals surface area contributed by atoms with Crippen LogP contribution in [0.1, 0.15) is 37.8 Å². The van der Waals surface area contributed by atoms with Gasteiger partial charge in [0.25, 0.3) is 0 Å². The van der Waals surface area contributed by atoms with E-state index in [1.54, 1.807) is 0 Å². The van der Waals surface area contributed by atoms with Crippen molar-refractivity contribution < 1.29 is 9.42 Å². The Hall–Kier alpha value is -1.59. The lowest BCUT2D eigenvalue weighted by Gasteiger charge is -2.31. The predicted octanol–water partition coefficient (Wildman–Crippen LogP) is 0.985. The largest absolute Gasteiger partial charge is 0.379 e. The third-order valence-electron chi connectivity index (χ3n) is 3.42. The number of nitrogen functional groups attached to an aromatic ring is 1. The SMILES string of the molecule is CN(C(=O)Cc1nonc1N)C1CCCCC1. The molecule has 1 heterocycles. The Kier molecular flexibility index (Phi) is 3.61. The van der Waals surface area contributed by atoms with Crippen LogP contribution < -0.4 is 5.73 Å². The number of carbonyl (C=O) groups is 1. The fraction of sp³-hybridized carbons (Fsp3) is 0.727. The van der Waals surface area contributed by atoms with Crippen LogP contribution in [-0.4, -0.2) is 34.2 Å². The quantitative estimate of drug-likeness (QED) is 0.848. The van der Waals surface area contributed by atoms with E-state index < -0.39 is 0 Å². The molecule has 1 fully saturated rings. The average Bonchev–Trinajstić information content (AvgIpc) is 2.75. The molecule has 1 aliphatic carbocycles. The Balaban J connectivity index is 1.93. The highest BCUT2D eigenvalue weighted by Crippen LogP contribution is 2.22. The lowest BCUT2D eigenvalue weighted by molar-refractivity contribution is -0.131. The van der Waals surface area contributed by atoms with Gasteiger partial charge in [0.15, 0.2) is 5.82 Å². The van der Waals surface area contributed by atoms with Crippen LogP contribution in [0, 0.1) is 0 Å². The normalized spacial score (nSPS) is 17.0. The number of hydrogen-bond acceptors (Lipinski definition) is 5. The van der Waals surface area contributed by atoms with Crippen molar-refractivity contribution >= 4 is 11.7 Å². The van der Waals surface area contributed by atoms with Crippen molar-refractivity contribution in [2.45, 2.75) is 44.6 Å². The van der Waals surface area contributed by atoms with E-state index in [4.69, 9.17) is 5.73 Å². The summed E-state index contributed by atoms with van der Waals surface area (Å²) >= 11 is 0. The topological polar surface area (TPSA) is 85.2 Å². The number of amides is 1. The maximum Gasteiger partial charge on any atom is 0.228 e. The molecule has 1 aromatic heterocycles. The third-order valence-corrected chi connectivity index (χ3v) is 3.42. The molecule has 1 aliphatic rings.